The van der Waals surface area contributed by atoms with E-state index in [4.69, 9.17) is 11.6 Å². The molecule has 1 aromatic heterocycles. The number of rotatable bonds is 3. The third kappa shape index (κ3) is 2.56. The second-order valence-corrected chi connectivity index (χ2v) is 5.45. The Bertz CT molecular complexity index is 530. The molecule has 1 saturated heterocycles. The van der Waals surface area contributed by atoms with Crippen LogP contribution < -0.4 is 5.32 Å². The van der Waals surface area contributed by atoms with E-state index in [2.05, 4.69) is 10.3 Å². The van der Waals surface area contributed by atoms with Crippen molar-refractivity contribution in [3.63, 3.8) is 0 Å². The van der Waals surface area contributed by atoms with Crippen molar-refractivity contribution in [2.45, 2.75) is 25.4 Å². The highest BCUT2D eigenvalue weighted by atomic mass is 35.5. The van der Waals surface area contributed by atoms with E-state index in [1.165, 1.54) is 0 Å². The van der Waals surface area contributed by atoms with Gasteiger partial charge in [-0.15, -0.1) is 0 Å². The molecule has 1 saturated carbocycles. The topological polar surface area (TPSA) is 62.3 Å². The summed E-state index contributed by atoms with van der Waals surface area (Å²) in [6.45, 7) is 0.456. The molecule has 1 atom stereocenters. The quantitative estimate of drug-likeness (QED) is 0.897. The van der Waals surface area contributed by atoms with Crippen LogP contribution in [0.1, 0.15) is 18.4 Å². The number of hydrogen-bond donors (Lipinski definition) is 1. The van der Waals surface area contributed by atoms with Gasteiger partial charge in [-0.3, -0.25) is 14.6 Å². The van der Waals surface area contributed by atoms with E-state index in [0.29, 0.717) is 17.5 Å². The van der Waals surface area contributed by atoms with E-state index >= 15 is 0 Å². The third-order valence-electron chi connectivity index (χ3n) is 3.54. The Morgan fingerprint density at radius 1 is 1.42 bits per heavy atom. The fraction of sp³-hybridized carbons (Fsp3) is 0.462. The van der Waals surface area contributed by atoms with Gasteiger partial charge in [0.15, 0.2) is 0 Å². The molecule has 100 valence electrons. The average molecular weight is 280 g/mol. The molecular formula is C13H14ClN3O2. The predicted molar refractivity (Wildman–Crippen MR) is 69.3 cm³/mol. The summed E-state index contributed by atoms with van der Waals surface area (Å²) in [5, 5.41) is 3.30. The zero-order valence-corrected chi connectivity index (χ0v) is 11.1. The molecule has 2 aliphatic rings. The van der Waals surface area contributed by atoms with Crippen LogP contribution in [0.4, 0.5) is 0 Å². The second-order valence-electron chi connectivity index (χ2n) is 5.04. The summed E-state index contributed by atoms with van der Waals surface area (Å²) in [6.07, 6.45) is 5.21. The lowest BCUT2D eigenvalue weighted by molar-refractivity contribution is -0.145. The molecule has 0 spiro atoms. The third-order valence-corrected chi connectivity index (χ3v) is 3.88. The van der Waals surface area contributed by atoms with Gasteiger partial charge in [0.2, 0.25) is 11.8 Å². The predicted octanol–water partition coefficient (Wildman–Crippen LogP) is 0.972. The number of carbonyl (C=O) groups excluding carboxylic acids is 2. The number of hydrogen-bond acceptors (Lipinski definition) is 3. The summed E-state index contributed by atoms with van der Waals surface area (Å²) in [7, 11) is 0. The molecule has 1 aromatic rings. The molecule has 1 aliphatic carbocycles. The molecule has 1 aliphatic heterocycles. The van der Waals surface area contributed by atoms with Crippen LogP contribution in [0.25, 0.3) is 0 Å². The molecule has 2 heterocycles. The maximum atomic E-state index is 12.3. The van der Waals surface area contributed by atoms with Crippen molar-refractivity contribution in [3.8, 4) is 0 Å². The van der Waals surface area contributed by atoms with Crippen LogP contribution in [0, 0.1) is 5.92 Å². The summed E-state index contributed by atoms with van der Waals surface area (Å²) in [4.78, 5) is 29.5. The maximum absolute atomic E-state index is 12.3. The molecular weight excluding hydrogens is 266 g/mol. The lowest BCUT2D eigenvalue weighted by atomic mass is 10.1. The Labute approximate surface area is 115 Å². The molecule has 2 amide bonds. The highest BCUT2D eigenvalue weighted by Gasteiger charge is 2.42. The molecule has 2 fully saturated rings. The Morgan fingerprint density at radius 3 is 2.89 bits per heavy atom. The Morgan fingerprint density at radius 2 is 2.21 bits per heavy atom. The smallest absolute Gasteiger partial charge is 0.246 e. The monoisotopic (exact) mass is 279 g/mol. The van der Waals surface area contributed by atoms with Gasteiger partial charge < -0.3 is 10.2 Å². The van der Waals surface area contributed by atoms with Gasteiger partial charge in [0, 0.05) is 18.9 Å². The normalized spacial score (nSPS) is 23.4. The van der Waals surface area contributed by atoms with Gasteiger partial charge in [-0.05, 0) is 30.4 Å². The standard InChI is InChI=1S/C13H14ClN3O2/c14-10-5-15-4-3-9(10)6-17-7-11(18)16-12(13(17)19)8-1-2-8/h3-5,8,12H,1-2,6-7H2,(H,16,18). The molecule has 0 radical (unpaired) electrons. The molecule has 0 bridgehead atoms. The fourth-order valence-electron chi connectivity index (χ4n) is 2.35. The molecule has 3 rings (SSSR count). The van der Waals surface area contributed by atoms with Crippen molar-refractivity contribution < 1.29 is 9.59 Å². The number of carbonyl (C=O) groups is 2. The minimum Gasteiger partial charge on any atom is -0.342 e. The van der Waals surface area contributed by atoms with Crippen LogP contribution >= 0.6 is 11.6 Å². The van der Waals surface area contributed by atoms with Gasteiger partial charge in [0.05, 0.1) is 11.6 Å². The maximum Gasteiger partial charge on any atom is 0.246 e. The number of pyridine rings is 1. The Hall–Kier alpha value is -1.62. The van der Waals surface area contributed by atoms with Crippen molar-refractivity contribution in [1.29, 1.82) is 0 Å². The van der Waals surface area contributed by atoms with E-state index in [1.54, 1.807) is 23.4 Å². The molecule has 1 unspecified atom stereocenters. The van der Waals surface area contributed by atoms with Crippen LogP contribution in [0.5, 0.6) is 0 Å². The van der Waals surface area contributed by atoms with Crippen molar-refractivity contribution in [2.75, 3.05) is 6.54 Å². The molecule has 5 nitrogen and oxygen atoms in total. The Kier molecular flexibility index (Phi) is 3.14. The van der Waals surface area contributed by atoms with Crippen LogP contribution in [-0.2, 0) is 16.1 Å². The first-order valence-corrected chi connectivity index (χ1v) is 6.69. The zero-order valence-electron chi connectivity index (χ0n) is 10.3. The highest BCUT2D eigenvalue weighted by molar-refractivity contribution is 6.31. The second kappa shape index (κ2) is 4.81. The first kappa shape index (κ1) is 12.4. The average Bonchev–Trinajstić information content (AvgIpc) is 3.20. The largest absolute Gasteiger partial charge is 0.342 e. The van der Waals surface area contributed by atoms with Crippen molar-refractivity contribution in [3.05, 3.63) is 29.0 Å². The van der Waals surface area contributed by atoms with Crippen molar-refractivity contribution in [2.24, 2.45) is 5.92 Å². The van der Waals surface area contributed by atoms with Crippen molar-refractivity contribution >= 4 is 23.4 Å². The lowest BCUT2D eigenvalue weighted by Gasteiger charge is -2.32. The first-order chi connectivity index (χ1) is 9.15. The summed E-state index contributed by atoms with van der Waals surface area (Å²) < 4.78 is 0. The number of nitrogens with one attached hydrogen (secondary N) is 1. The van der Waals surface area contributed by atoms with Crippen molar-refractivity contribution in [1.82, 2.24) is 15.2 Å². The van der Waals surface area contributed by atoms with E-state index < -0.39 is 0 Å². The first-order valence-electron chi connectivity index (χ1n) is 6.31. The van der Waals surface area contributed by atoms with Gasteiger partial charge in [0.25, 0.3) is 0 Å². The van der Waals surface area contributed by atoms with Crippen LogP contribution in [0.15, 0.2) is 18.5 Å². The van der Waals surface area contributed by atoms with E-state index in [0.717, 1.165) is 18.4 Å². The fourth-order valence-corrected chi connectivity index (χ4v) is 2.53. The van der Waals surface area contributed by atoms with E-state index in [9.17, 15) is 9.59 Å². The summed E-state index contributed by atoms with van der Waals surface area (Å²) in [5.41, 5.74) is 0.814. The van der Waals surface area contributed by atoms with Crippen LogP contribution in [-0.4, -0.2) is 34.3 Å². The Balaban J connectivity index is 1.77. The van der Waals surface area contributed by atoms with Gasteiger partial charge >= 0.3 is 0 Å². The van der Waals surface area contributed by atoms with Gasteiger partial charge in [0.1, 0.15) is 6.04 Å². The summed E-state index contributed by atoms with van der Waals surface area (Å²) in [5.74, 6) is 0.212. The summed E-state index contributed by atoms with van der Waals surface area (Å²) >= 11 is 6.04. The minimum absolute atomic E-state index is 0.00465. The van der Waals surface area contributed by atoms with Gasteiger partial charge in [-0.2, -0.15) is 0 Å². The highest BCUT2D eigenvalue weighted by Crippen LogP contribution is 2.34. The molecule has 6 heteroatoms. The number of aromatic nitrogens is 1. The number of nitrogens with zero attached hydrogens (tertiary/aromatic N) is 2. The van der Waals surface area contributed by atoms with Gasteiger partial charge in [-0.25, -0.2) is 0 Å². The number of piperazine rings is 1. The lowest BCUT2D eigenvalue weighted by Crippen LogP contribution is -2.58. The van der Waals surface area contributed by atoms with Crippen LogP contribution in [0.3, 0.4) is 0 Å². The van der Waals surface area contributed by atoms with Gasteiger partial charge in [-0.1, -0.05) is 11.6 Å². The van der Waals surface area contributed by atoms with E-state index in [-0.39, 0.29) is 24.4 Å². The molecule has 1 N–H and O–H groups in total. The molecule has 0 aromatic carbocycles. The number of halogens is 1. The van der Waals surface area contributed by atoms with E-state index in [1.807, 2.05) is 0 Å². The zero-order chi connectivity index (χ0) is 13.4. The minimum atomic E-state index is -0.345. The van der Waals surface area contributed by atoms with Crippen LogP contribution in [0.2, 0.25) is 5.02 Å². The molecule has 19 heavy (non-hydrogen) atoms. The number of amides is 2. The summed E-state index contributed by atoms with van der Waals surface area (Å²) in [6, 6.07) is 1.43. The SMILES string of the molecule is O=C1CN(Cc2ccncc2Cl)C(=O)C(C2CC2)N1.